The number of hydrogen-bond donors (Lipinski definition) is 2. The number of halogens is 1. The number of methoxy groups -OCH3 is 1. The van der Waals surface area contributed by atoms with Crippen LogP contribution in [0, 0.1) is 5.82 Å². The number of para-hydroxylation sites is 2. The van der Waals surface area contributed by atoms with E-state index in [-0.39, 0.29) is 29.2 Å². The molecule has 0 aliphatic carbocycles. The highest BCUT2D eigenvalue weighted by molar-refractivity contribution is 7.91. The maximum atomic E-state index is 13.5. The summed E-state index contributed by atoms with van der Waals surface area (Å²) in [5, 5.41) is 6.93. The van der Waals surface area contributed by atoms with Crippen molar-refractivity contribution in [2.24, 2.45) is 5.10 Å². The van der Waals surface area contributed by atoms with Gasteiger partial charge in [-0.25, -0.2) is 18.2 Å². The van der Waals surface area contributed by atoms with Gasteiger partial charge < -0.3 is 10.1 Å². The molecule has 1 amide bonds. The second-order valence-electron chi connectivity index (χ2n) is 5.86. The number of nitrogens with zero attached hydrogens (tertiary/aromatic N) is 1. The minimum absolute atomic E-state index is 0.0234. The Bertz CT molecular complexity index is 1010. The van der Waals surface area contributed by atoms with Crippen LogP contribution in [0.15, 0.2) is 52.5 Å². The summed E-state index contributed by atoms with van der Waals surface area (Å²) in [6.07, 6.45) is 0.0962. The van der Waals surface area contributed by atoms with Crippen molar-refractivity contribution in [3.05, 3.63) is 53.8 Å². The maximum Gasteiger partial charge on any atom is 0.259 e. The number of hydrogen-bond acceptors (Lipinski definition) is 6. The lowest BCUT2D eigenvalue weighted by molar-refractivity contribution is -0.119. The molecule has 1 aliphatic heterocycles. The average Bonchev–Trinajstić information content (AvgIpc) is 2.65. The largest absolute Gasteiger partial charge is 0.495 e. The summed E-state index contributed by atoms with van der Waals surface area (Å²) in [5.74, 6) is -0.541. The molecule has 1 aliphatic rings. The lowest BCUT2D eigenvalue weighted by atomic mass is 10.1. The minimum Gasteiger partial charge on any atom is -0.495 e. The molecule has 0 saturated carbocycles. The van der Waals surface area contributed by atoms with E-state index in [0.29, 0.717) is 17.1 Å². The van der Waals surface area contributed by atoms with Crippen LogP contribution in [0.5, 0.6) is 5.75 Å². The number of amides is 1. The van der Waals surface area contributed by atoms with Gasteiger partial charge in [-0.2, -0.15) is 5.10 Å². The summed E-state index contributed by atoms with van der Waals surface area (Å²) in [4.78, 5) is 12.1. The number of benzene rings is 2. The predicted molar refractivity (Wildman–Crippen MR) is 99.2 cm³/mol. The van der Waals surface area contributed by atoms with Crippen molar-refractivity contribution in [2.75, 3.05) is 24.7 Å². The Balaban J connectivity index is 1.71. The molecule has 1 heterocycles. The first-order chi connectivity index (χ1) is 12.9. The molecule has 0 bridgehead atoms. The summed E-state index contributed by atoms with van der Waals surface area (Å²) >= 11 is 0. The van der Waals surface area contributed by atoms with E-state index in [4.69, 9.17) is 4.74 Å². The highest BCUT2D eigenvalue weighted by Crippen LogP contribution is 2.26. The van der Waals surface area contributed by atoms with Crippen LogP contribution < -0.4 is 15.5 Å². The SMILES string of the molecule is COc1ccccc1NCC(=O)NN=C1CCS(=O)(=O)c2ccc(F)cc21. The van der Waals surface area contributed by atoms with Gasteiger partial charge in [-0.05, 0) is 30.3 Å². The molecule has 3 rings (SSSR count). The van der Waals surface area contributed by atoms with Gasteiger partial charge in [0.1, 0.15) is 11.6 Å². The molecule has 0 unspecified atom stereocenters. The van der Waals surface area contributed by atoms with E-state index < -0.39 is 21.6 Å². The lowest BCUT2D eigenvalue weighted by Crippen LogP contribution is -2.29. The predicted octanol–water partition coefficient (Wildman–Crippen LogP) is 1.94. The van der Waals surface area contributed by atoms with Crippen LogP contribution in [0.1, 0.15) is 12.0 Å². The molecular weight excluding hydrogens is 373 g/mol. The monoisotopic (exact) mass is 391 g/mol. The van der Waals surface area contributed by atoms with Crippen LogP contribution in [0.25, 0.3) is 0 Å². The molecule has 27 heavy (non-hydrogen) atoms. The van der Waals surface area contributed by atoms with Crippen LogP contribution in [-0.2, 0) is 14.6 Å². The molecular formula is C18H18FN3O4S. The Morgan fingerprint density at radius 2 is 2.04 bits per heavy atom. The van der Waals surface area contributed by atoms with Gasteiger partial charge in [-0.3, -0.25) is 4.79 Å². The number of sulfone groups is 1. The lowest BCUT2D eigenvalue weighted by Gasteiger charge is -2.18. The van der Waals surface area contributed by atoms with E-state index in [0.717, 1.165) is 12.1 Å². The summed E-state index contributed by atoms with van der Waals surface area (Å²) < 4.78 is 42.9. The summed E-state index contributed by atoms with van der Waals surface area (Å²) in [5.41, 5.74) is 3.53. The van der Waals surface area contributed by atoms with E-state index in [1.54, 1.807) is 18.2 Å². The van der Waals surface area contributed by atoms with Crippen LogP contribution in [0.3, 0.4) is 0 Å². The number of hydrazone groups is 1. The molecule has 0 fully saturated rings. The van der Waals surface area contributed by atoms with E-state index in [2.05, 4.69) is 15.8 Å². The molecule has 2 aromatic rings. The molecule has 142 valence electrons. The fourth-order valence-corrected chi connectivity index (χ4v) is 4.20. The molecule has 9 heteroatoms. The smallest absolute Gasteiger partial charge is 0.259 e. The molecule has 2 aromatic carbocycles. The van der Waals surface area contributed by atoms with Crippen molar-refractivity contribution in [3.8, 4) is 5.75 Å². The highest BCUT2D eigenvalue weighted by Gasteiger charge is 2.28. The van der Waals surface area contributed by atoms with Gasteiger partial charge in [0.2, 0.25) is 0 Å². The number of carbonyl (C=O) groups is 1. The Morgan fingerprint density at radius 1 is 1.26 bits per heavy atom. The van der Waals surface area contributed by atoms with Gasteiger partial charge in [-0.15, -0.1) is 0 Å². The Hall–Kier alpha value is -2.94. The zero-order valence-electron chi connectivity index (χ0n) is 14.5. The quantitative estimate of drug-likeness (QED) is 0.600. The first-order valence-electron chi connectivity index (χ1n) is 8.15. The fraction of sp³-hybridized carbons (Fsp3) is 0.222. The average molecular weight is 391 g/mol. The van der Waals surface area contributed by atoms with Crippen molar-refractivity contribution >= 4 is 27.1 Å². The minimum atomic E-state index is -3.47. The van der Waals surface area contributed by atoms with Crippen LogP contribution in [0.2, 0.25) is 0 Å². The molecule has 7 nitrogen and oxygen atoms in total. The zero-order chi connectivity index (χ0) is 19.4. The third-order valence-corrected chi connectivity index (χ3v) is 5.82. The number of fused-ring (bicyclic) bond motifs is 1. The second-order valence-corrected chi connectivity index (χ2v) is 7.93. The van der Waals surface area contributed by atoms with E-state index in [9.17, 15) is 17.6 Å². The first-order valence-corrected chi connectivity index (χ1v) is 9.81. The summed E-state index contributed by atoms with van der Waals surface area (Å²) in [6.45, 7) is -0.0640. The number of rotatable bonds is 5. The number of anilines is 1. The second kappa shape index (κ2) is 7.75. The van der Waals surface area contributed by atoms with Gasteiger partial charge in [0.05, 0.1) is 35.7 Å². The molecule has 0 spiro atoms. The van der Waals surface area contributed by atoms with Gasteiger partial charge in [-0.1, -0.05) is 12.1 Å². The molecule has 2 N–H and O–H groups in total. The van der Waals surface area contributed by atoms with E-state index >= 15 is 0 Å². The Labute approximate surface area is 156 Å². The molecule has 0 aromatic heterocycles. The van der Waals surface area contributed by atoms with Crippen molar-refractivity contribution in [1.29, 1.82) is 0 Å². The van der Waals surface area contributed by atoms with Gasteiger partial charge in [0, 0.05) is 12.0 Å². The van der Waals surface area contributed by atoms with Crippen molar-refractivity contribution in [2.45, 2.75) is 11.3 Å². The molecule has 0 saturated heterocycles. The van der Waals surface area contributed by atoms with Gasteiger partial charge >= 0.3 is 0 Å². The van der Waals surface area contributed by atoms with Crippen molar-refractivity contribution in [3.63, 3.8) is 0 Å². The van der Waals surface area contributed by atoms with Gasteiger partial charge in [0.15, 0.2) is 9.84 Å². The summed E-state index contributed by atoms with van der Waals surface area (Å²) in [6, 6.07) is 10.6. The number of carbonyl (C=O) groups excluding carboxylic acids is 1. The third-order valence-electron chi connectivity index (χ3n) is 4.06. The van der Waals surface area contributed by atoms with Crippen molar-refractivity contribution < 1.29 is 22.3 Å². The Morgan fingerprint density at radius 3 is 2.81 bits per heavy atom. The van der Waals surface area contributed by atoms with E-state index in [1.807, 2.05) is 6.07 Å². The van der Waals surface area contributed by atoms with E-state index in [1.165, 1.54) is 13.2 Å². The standard InChI is InChI=1S/C18H18FN3O4S/c1-26-16-5-3-2-4-15(16)20-11-18(23)22-21-14-8-9-27(24,25)17-7-6-12(19)10-13(14)17/h2-7,10,20H,8-9,11H2,1H3,(H,22,23). The maximum absolute atomic E-state index is 13.5. The number of ether oxygens (including phenoxy) is 1. The van der Waals surface area contributed by atoms with Gasteiger partial charge in [0.25, 0.3) is 5.91 Å². The first kappa shape index (κ1) is 18.8. The Kier molecular flexibility index (Phi) is 5.41. The summed E-state index contributed by atoms with van der Waals surface area (Å²) in [7, 11) is -1.94. The molecule has 0 atom stereocenters. The highest BCUT2D eigenvalue weighted by atomic mass is 32.2. The van der Waals surface area contributed by atoms with Crippen LogP contribution >= 0.6 is 0 Å². The van der Waals surface area contributed by atoms with Crippen LogP contribution in [-0.4, -0.2) is 39.4 Å². The topological polar surface area (TPSA) is 96.9 Å². The normalized spacial score (nSPS) is 16.4. The third kappa shape index (κ3) is 4.25. The fourth-order valence-electron chi connectivity index (χ4n) is 2.73. The molecule has 0 radical (unpaired) electrons. The number of nitrogens with one attached hydrogen (secondary N) is 2. The van der Waals surface area contributed by atoms with Crippen LogP contribution in [0.4, 0.5) is 10.1 Å². The van der Waals surface area contributed by atoms with Crippen molar-refractivity contribution in [1.82, 2.24) is 5.43 Å². The zero-order valence-corrected chi connectivity index (χ0v) is 15.3.